The van der Waals surface area contributed by atoms with Gasteiger partial charge in [-0.3, -0.25) is 9.48 Å². The van der Waals surface area contributed by atoms with E-state index in [-0.39, 0.29) is 5.78 Å². The number of Topliss-reactive ketones (excluding diaryl/α,β-unsaturated/α-hetero) is 1. The summed E-state index contributed by atoms with van der Waals surface area (Å²) in [5, 5.41) is 4.18. The number of ether oxygens (including phenoxy) is 1. The molecule has 2 aromatic carbocycles. The number of ketones is 1. The molecule has 0 aliphatic rings. The van der Waals surface area contributed by atoms with Crippen LogP contribution in [0.4, 0.5) is 0 Å². The van der Waals surface area contributed by atoms with E-state index in [2.05, 4.69) is 5.10 Å². The van der Waals surface area contributed by atoms with Crippen molar-refractivity contribution in [2.45, 2.75) is 12.8 Å². The molecule has 122 valence electrons. The molecule has 0 bridgehead atoms. The van der Waals surface area contributed by atoms with Crippen LogP contribution in [-0.4, -0.2) is 22.7 Å². The average Bonchev–Trinajstić information content (AvgIpc) is 3.02. The predicted molar refractivity (Wildman–Crippen MR) is 94.1 cm³/mol. The molecule has 0 saturated carbocycles. The van der Waals surface area contributed by atoms with Crippen molar-refractivity contribution in [1.29, 1.82) is 0 Å². The summed E-state index contributed by atoms with van der Waals surface area (Å²) in [7, 11) is 3.52. The number of rotatable bonds is 6. The average molecular weight is 320 g/mol. The van der Waals surface area contributed by atoms with Crippen LogP contribution in [0.3, 0.4) is 0 Å². The third kappa shape index (κ3) is 3.71. The molecule has 0 N–H and O–H groups in total. The molecule has 0 spiro atoms. The van der Waals surface area contributed by atoms with Crippen LogP contribution in [0.25, 0.3) is 11.1 Å². The number of para-hydroxylation sites is 1. The normalized spacial score (nSPS) is 10.6. The molecule has 1 aromatic heterocycles. The van der Waals surface area contributed by atoms with Crippen molar-refractivity contribution in [3.63, 3.8) is 0 Å². The summed E-state index contributed by atoms with van der Waals surface area (Å²) < 4.78 is 7.08. The Kier molecular flexibility index (Phi) is 4.75. The first-order valence-electron chi connectivity index (χ1n) is 7.87. The summed E-state index contributed by atoms with van der Waals surface area (Å²) in [6.45, 7) is 0. The Labute approximate surface area is 141 Å². The first kappa shape index (κ1) is 16.0. The fourth-order valence-corrected chi connectivity index (χ4v) is 2.74. The van der Waals surface area contributed by atoms with Crippen molar-refractivity contribution in [1.82, 2.24) is 9.78 Å². The number of hydrogen-bond acceptors (Lipinski definition) is 3. The van der Waals surface area contributed by atoms with Crippen molar-refractivity contribution in [2.75, 3.05) is 7.11 Å². The van der Waals surface area contributed by atoms with Gasteiger partial charge < -0.3 is 4.74 Å². The van der Waals surface area contributed by atoms with Crippen molar-refractivity contribution in [3.05, 3.63) is 72.1 Å². The Morgan fingerprint density at radius 3 is 2.46 bits per heavy atom. The first-order chi connectivity index (χ1) is 11.7. The highest BCUT2D eigenvalue weighted by atomic mass is 16.5. The summed E-state index contributed by atoms with van der Waals surface area (Å²) in [6.07, 6.45) is 4.61. The number of carbonyl (C=O) groups excluding carboxylic acids is 1. The van der Waals surface area contributed by atoms with E-state index in [9.17, 15) is 4.79 Å². The minimum Gasteiger partial charge on any atom is -0.496 e. The number of benzene rings is 2. The minimum atomic E-state index is 0.175. The highest BCUT2D eigenvalue weighted by Gasteiger charge is 2.09. The number of aromatic nitrogens is 2. The van der Waals surface area contributed by atoms with Gasteiger partial charge in [-0.1, -0.05) is 42.5 Å². The number of nitrogens with zero attached hydrogens (tertiary/aromatic N) is 2. The highest BCUT2D eigenvalue weighted by molar-refractivity contribution is 5.83. The van der Waals surface area contributed by atoms with Gasteiger partial charge in [-0.25, -0.2) is 0 Å². The van der Waals surface area contributed by atoms with E-state index in [4.69, 9.17) is 4.74 Å². The lowest BCUT2D eigenvalue weighted by atomic mass is 10.0. The molecule has 0 atom stereocenters. The standard InChI is InChI=1S/C20H20N2O2/c1-22-14-18(13-21-22)16-9-7-15(8-10-16)11-19(23)12-17-5-3-4-6-20(17)24-2/h3-10,13-14H,11-12H2,1-2H3. The van der Waals surface area contributed by atoms with E-state index in [0.29, 0.717) is 12.8 Å². The SMILES string of the molecule is COc1ccccc1CC(=O)Cc1ccc(-c2cnn(C)c2)cc1. The number of carbonyl (C=O) groups is 1. The molecule has 3 rings (SSSR count). The van der Waals surface area contributed by atoms with E-state index in [1.807, 2.05) is 68.0 Å². The van der Waals surface area contributed by atoms with Gasteiger partial charge in [0.05, 0.1) is 13.3 Å². The molecule has 1 heterocycles. The molecule has 4 nitrogen and oxygen atoms in total. The van der Waals surface area contributed by atoms with Gasteiger partial charge in [0.2, 0.25) is 0 Å². The second kappa shape index (κ2) is 7.13. The molecule has 0 amide bonds. The van der Waals surface area contributed by atoms with Gasteiger partial charge in [0.25, 0.3) is 0 Å². The van der Waals surface area contributed by atoms with Crippen LogP contribution in [-0.2, 0) is 24.7 Å². The largest absolute Gasteiger partial charge is 0.496 e. The van der Waals surface area contributed by atoms with Crippen LogP contribution in [0.2, 0.25) is 0 Å². The Morgan fingerprint density at radius 2 is 1.79 bits per heavy atom. The van der Waals surface area contributed by atoms with E-state index in [0.717, 1.165) is 28.0 Å². The van der Waals surface area contributed by atoms with Crippen molar-refractivity contribution in [2.24, 2.45) is 7.05 Å². The van der Waals surface area contributed by atoms with Gasteiger partial charge in [-0.15, -0.1) is 0 Å². The van der Waals surface area contributed by atoms with Crippen LogP contribution >= 0.6 is 0 Å². The molecule has 0 saturated heterocycles. The summed E-state index contributed by atoms with van der Waals surface area (Å²) in [5.41, 5.74) is 4.12. The number of hydrogen-bond donors (Lipinski definition) is 0. The predicted octanol–water partition coefficient (Wildman–Crippen LogP) is 3.45. The van der Waals surface area contributed by atoms with Crippen LogP contribution in [0.1, 0.15) is 11.1 Å². The fraction of sp³-hybridized carbons (Fsp3) is 0.200. The van der Waals surface area contributed by atoms with Gasteiger partial charge in [-0.2, -0.15) is 5.10 Å². The van der Waals surface area contributed by atoms with Crippen LogP contribution in [0, 0.1) is 0 Å². The molecule has 0 unspecified atom stereocenters. The van der Waals surface area contributed by atoms with E-state index in [1.165, 1.54) is 0 Å². The maximum atomic E-state index is 12.3. The van der Waals surface area contributed by atoms with Gasteiger partial charge in [-0.05, 0) is 17.2 Å². The summed E-state index contributed by atoms with van der Waals surface area (Å²) >= 11 is 0. The molecule has 0 aliphatic carbocycles. The molecule has 3 aromatic rings. The van der Waals surface area contributed by atoms with Crippen LogP contribution < -0.4 is 4.74 Å². The molecule has 4 heteroatoms. The molecule has 0 fully saturated rings. The maximum absolute atomic E-state index is 12.3. The zero-order valence-corrected chi connectivity index (χ0v) is 13.9. The Morgan fingerprint density at radius 1 is 1.04 bits per heavy atom. The van der Waals surface area contributed by atoms with Crippen LogP contribution in [0.15, 0.2) is 60.9 Å². The molecule has 24 heavy (non-hydrogen) atoms. The van der Waals surface area contributed by atoms with E-state index < -0.39 is 0 Å². The van der Waals surface area contributed by atoms with Crippen molar-refractivity contribution >= 4 is 5.78 Å². The lowest BCUT2D eigenvalue weighted by molar-refractivity contribution is -0.117. The van der Waals surface area contributed by atoms with Gasteiger partial charge in [0.1, 0.15) is 11.5 Å². The van der Waals surface area contributed by atoms with E-state index in [1.54, 1.807) is 11.8 Å². The van der Waals surface area contributed by atoms with Gasteiger partial charge in [0.15, 0.2) is 0 Å². The topological polar surface area (TPSA) is 44.1 Å². The lowest BCUT2D eigenvalue weighted by Crippen LogP contribution is -2.07. The Balaban J connectivity index is 1.66. The third-order valence-corrected chi connectivity index (χ3v) is 3.97. The minimum absolute atomic E-state index is 0.175. The first-order valence-corrected chi connectivity index (χ1v) is 7.87. The fourth-order valence-electron chi connectivity index (χ4n) is 2.74. The van der Waals surface area contributed by atoms with Crippen molar-refractivity contribution in [3.8, 4) is 16.9 Å². The number of aryl methyl sites for hydroxylation is 1. The van der Waals surface area contributed by atoms with E-state index >= 15 is 0 Å². The second-order valence-corrected chi connectivity index (χ2v) is 5.80. The van der Waals surface area contributed by atoms with Gasteiger partial charge in [0, 0.05) is 37.2 Å². The Bertz CT molecular complexity index is 835. The zero-order valence-electron chi connectivity index (χ0n) is 13.9. The molecular weight excluding hydrogens is 300 g/mol. The summed E-state index contributed by atoms with van der Waals surface area (Å²) in [5.74, 6) is 0.936. The third-order valence-electron chi connectivity index (χ3n) is 3.97. The molecular formula is C20H20N2O2. The van der Waals surface area contributed by atoms with Crippen molar-refractivity contribution < 1.29 is 9.53 Å². The monoisotopic (exact) mass is 320 g/mol. The Hall–Kier alpha value is -2.88. The summed E-state index contributed by atoms with van der Waals surface area (Å²) in [4.78, 5) is 12.3. The van der Waals surface area contributed by atoms with Gasteiger partial charge >= 0.3 is 0 Å². The molecule has 0 aliphatic heterocycles. The summed E-state index contributed by atoms with van der Waals surface area (Å²) in [6, 6.07) is 15.7. The lowest BCUT2D eigenvalue weighted by Gasteiger charge is -2.07. The second-order valence-electron chi connectivity index (χ2n) is 5.80. The molecule has 0 radical (unpaired) electrons. The zero-order chi connectivity index (χ0) is 16.9. The van der Waals surface area contributed by atoms with Crippen LogP contribution in [0.5, 0.6) is 5.75 Å². The quantitative estimate of drug-likeness (QED) is 0.699. The highest BCUT2D eigenvalue weighted by Crippen LogP contribution is 2.21. The number of methoxy groups -OCH3 is 1. The smallest absolute Gasteiger partial charge is 0.141 e. The maximum Gasteiger partial charge on any atom is 0.141 e.